The number of hydrogen-bond acceptors (Lipinski definition) is 3. The molecule has 1 heterocycles. The third kappa shape index (κ3) is 1.93. The van der Waals surface area contributed by atoms with Gasteiger partial charge in [0.1, 0.15) is 5.54 Å². The lowest BCUT2D eigenvalue weighted by Gasteiger charge is -2.42. The van der Waals surface area contributed by atoms with Crippen molar-refractivity contribution in [1.82, 2.24) is 10.5 Å². The number of nitrogens with one attached hydrogen (secondary N) is 1. The third-order valence-electron chi connectivity index (χ3n) is 3.63. The van der Waals surface area contributed by atoms with Crippen LogP contribution in [0.1, 0.15) is 11.1 Å². The Balaban J connectivity index is 2.23. The summed E-state index contributed by atoms with van der Waals surface area (Å²) in [7, 11) is 0. The van der Waals surface area contributed by atoms with Gasteiger partial charge in [-0.15, -0.1) is 0 Å². The van der Waals surface area contributed by atoms with E-state index in [4.69, 9.17) is 5.84 Å². The largest absolute Gasteiger partial charge is 0.284 e. The van der Waals surface area contributed by atoms with Gasteiger partial charge in [-0.05, 0) is 23.3 Å². The summed E-state index contributed by atoms with van der Waals surface area (Å²) in [5, 5.41) is 1.91. The van der Waals surface area contributed by atoms with Crippen molar-refractivity contribution in [1.29, 1.82) is 0 Å². The normalized spacial score (nSPS) is 16.4. The van der Waals surface area contributed by atoms with Crippen molar-refractivity contribution >= 4 is 0 Å². The van der Waals surface area contributed by atoms with Crippen molar-refractivity contribution in [3.63, 3.8) is 0 Å². The Morgan fingerprint density at radius 2 is 1.35 bits per heavy atom. The van der Waals surface area contributed by atoms with Crippen LogP contribution in [0, 0.1) is 0 Å². The molecule has 2 aromatic carbocycles. The first-order valence-electron chi connectivity index (χ1n) is 6.60. The zero-order chi connectivity index (χ0) is 13.8. The highest BCUT2D eigenvalue weighted by molar-refractivity contribution is 5.46. The number of nitrogens with zero attached hydrogens (tertiary/aromatic N) is 1. The average molecular weight is 263 g/mol. The second-order valence-corrected chi connectivity index (χ2v) is 4.70. The van der Waals surface area contributed by atoms with Crippen molar-refractivity contribution < 1.29 is 0 Å². The third-order valence-corrected chi connectivity index (χ3v) is 3.63. The minimum atomic E-state index is -0.438. The van der Waals surface area contributed by atoms with E-state index in [1.165, 1.54) is 0 Å². The Morgan fingerprint density at radius 1 is 0.800 bits per heavy atom. The van der Waals surface area contributed by atoms with Crippen LogP contribution in [0.5, 0.6) is 0 Å². The monoisotopic (exact) mass is 263 g/mol. The number of nitrogens with two attached hydrogens (primary N) is 1. The van der Waals surface area contributed by atoms with E-state index in [2.05, 4.69) is 35.9 Å². The van der Waals surface area contributed by atoms with Crippen LogP contribution < -0.4 is 11.4 Å². The van der Waals surface area contributed by atoms with Gasteiger partial charge < -0.3 is 0 Å². The summed E-state index contributed by atoms with van der Waals surface area (Å²) in [6, 6.07) is 20.7. The molecule has 3 N–H and O–H groups in total. The topological polar surface area (TPSA) is 41.3 Å². The number of hydrazine groups is 2. The van der Waals surface area contributed by atoms with Crippen LogP contribution in [0.3, 0.4) is 0 Å². The van der Waals surface area contributed by atoms with E-state index in [-0.39, 0.29) is 0 Å². The van der Waals surface area contributed by atoms with Crippen molar-refractivity contribution in [2.24, 2.45) is 5.84 Å². The van der Waals surface area contributed by atoms with Crippen LogP contribution in [0.2, 0.25) is 0 Å². The van der Waals surface area contributed by atoms with Crippen LogP contribution in [0.15, 0.2) is 85.1 Å². The molecule has 0 saturated heterocycles. The molecule has 3 heteroatoms. The van der Waals surface area contributed by atoms with Crippen molar-refractivity contribution in [2.75, 3.05) is 0 Å². The molecule has 1 aliphatic heterocycles. The molecule has 3 rings (SSSR count). The maximum atomic E-state index is 5.74. The van der Waals surface area contributed by atoms with Crippen molar-refractivity contribution in [3.8, 4) is 0 Å². The second kappa shape index (κ2) is 5.33. The Bertz CT molecular complexity index is 578. The summed E-state index contributed by atoms with van der Waals surface area (Å²) in [5.41, 5.74) is 4.66. The summed E-state index contributed by atoms with van der Waals surface area (Å²) in [4.78, 5) is 0. The van der Waals surface area contributed by atoms with Gasteiger partial charge in [0, 0.05) is 6.20 Å². The van der Waals surface area contributed by atoms with Gasteiger partial charge in [0.2, 0.25) is 0 Å². The molecule has 0 aliphatic carbocycles. The van der Waals surface area contributed by atoms with Crippen molar-refractivity contribution in [3.05, 3.63) is 96.2 Å². The molecular formula is C17H17N3. The Kier molecular flexibility index (Phi) is 3.37. The maximum absolute atomic E-state index is 5.74. The van der Waals surface area contributed by atoms with Crippen molar-refractivity contribution in [2.45, 2.75) is 5.54 Å². The van der Waals surface area contributed by atoms with Gasteiger partial charge in [0.25, 0.3) is 0 Å². The minimum Gasteiger partial charge on any atom is -0.284 e. The molecule has 1 aliphatic rings. The van der Waals surface area contributed by atoms with E-state index in [9.17, 15) is 0 Å². The molecule has 0 unspecified atom stereocenters. The van der Waals surface area contributed by atoms with Gasteiger partial charge in [-0.2, -0.15) is 5.53 Å². The summed E-state index contributed by atoms with van der Waals surface area (Å²) in [6.07, 6.45) is 8.11. The summed E-state index contributed by atoms with van der Waals surface area (Å²) in [5.74, 6) is 5.74. The van der Waals surface area contributed by atoms with Crippen LogP contribution in [0.25, 0.3) is 0 Å². The summed E-state index contributed by atoms with van der Waals surface area (Å²) in [6.45, 7) is 0. The second-order valence-electron chi connectivity index (χ2n) is 4.70. The molecule has 0 fully saturated rings. The average Bonchev–Trinajstić information content (AvgIpc) is 2.56. The van der Waals surface area contributed by atoms with E-state index < -0.39 is 5.54 Å². The van der Waals surface area contributed by atoms with Gasteiger partial charge in [-0.1, -0.05) is 66.7 Å². The van der Waals surface area contributed by atoms with Gasteiger partial charge in [-0.25, -0.2) is 0 Å². The standard InChI is InChI=1S/C17H17N3/c18-19-20-14-8-7-13-17(20,15-9-3-1-4-10-15)16-11-5-2-6-12-16/h1-14,19H,18H2. The quantitative estimate of drug-likeness (QED) is 0.661. The maximum Gasteiger partial charge on any atom is 0.125 e. The fraction of sp³-hybridized carbons (Fsp3) is 0.0588. The Morgan fingerprint density at radius 3 is 1.85 bits per heavy atom. The first kappa shape index (κ1) is 12.7. The molecule has 0 spiro atoms. The molecule has 0 bridgehead atoms. The van der Waals surface area contributed by atoms with Crippen LogP contribution >= 0.6 is 0 Å². The molecule has 2 aromatic rings. The lowest BCUT2D eigenvalue weighted by atomic mass is 9.81. The number of rotatable bonds is 3. The highest BCUT2D eigenvalue weighted by Gasteiger charge is 2.37. The van der Waals surface area contributed by atoms with Crippen LogP contribution in [-0.2, 0) is 5.54 Å². The van der Waals surface area contributed by atoms with E-state index in [1.54, 1.807) is 0 Å². The summed E-state index contributed by atoms with van der Waals surface area (Å²) >= 11 is 0. The SMILES string of the molecule is NNN1C=CC=CC1(c1ccccc1)c1ccccc1. The molecule has 0 aromatic heterocycles. The fourth-order valence-corrected chi connectivity index (χ4v) is 2.70. The van der Waals surface area contributed by atoms with Crippen LogP contribution in [-0.4, -0.2) is 5.01 Å². The zero-order valence-corrected chi connectivity index (χ0v) is 11.1. The Labute approximate surface area is 119 Å². The van der Waals surface area contributed by atoms with E-state index >= 15 is 0 Å². The van der Waals surface area contributed by atoms with Gasteiger partial charge >= 0.3 is 0 Å². The zero-order valence-electron chi connectivity index (χ0n) is 11.1. The lowest BCUT2D eigenvalue weighted by Crippen LogP contribution is -2.53. The van der Waals surface area contributed by atoms with E-state index in [0.29, 0.717) is 0 Å². The van der Waals surface area contributed by atoms with E-state index in [1.807, 2.05) is 59.8 Å². The molecule has 3 nitrogen and oxygen atoms in total. The molecule has 0 amide bonds. The van der Waals surface area contributed by atoms with Crippen LogP contribution in [0.4, 0.5) is 0 Å². The fourth-order valence-electron chi connectivity index (χ4n) is 2.70. The predicted octanol–water partition coefficient (Wildman–Crippen LogP) is 2.69. The number of allylic oxidation sites excluding steroid dienone is 2. The molecule has 0 saturated carbocycles. The molecule has 0 radical (unpaired) electrons. The number of benzene rings is 2. The lowest BCUT2D eigenvalue weighted by molar-refractivity contribution is 0.161. The van der Waals surface area contributed by atoms with Gasteiger partial charge in [0.05, 0.1) is 0 Å². The predicted molar refractivity (Wildman–Crippen MR) is 81.1 cm³/mol. The summed E-state index contributed by atoms with van der Waals surface area (Å²) < 4.78 is 0. The Hall–Kier alpha value is -2.36. The number of hydrogen-bond donors (Lipinski definition) is 2. The molecular weight excluding hydrogens is 246 g/mol. The van der Waals surface area contributed by atoms with E-state index in [0.717, 1.165) is 11.1 Å². The highest BCUT2D eigenvalue weighted by Crippen LogP contribution is 2.38. The van der Waals surface area contributed by atoms with Gasteiger partial charge in [-0.3, -0.25) is 10.9 Å². The molecule has 0 atom stereocenters. The molecule has 20 heavy (non-hydrogen) atoms. The highest BCUT2D eigenvalue weighted by atomic mass is 15.6. The first-order valence-corrected chi connectivity index (χ1v) is 6.60. The first-order chi connectivity index (χ1) is 9.88. The smallest absolute Gasteiger partial charge is 0.125 e. The molecule has 100 valence electrons. The van der Waals surface area contributed by atoms with Gasteiger partial charge in [0.15, 0.2) is 0 Å². The minimum absolute atomic E-state index is 0.438.